The van der Waals surface area contributed by atoms with E-state index in [0.717, 1.165) is 16.9 Å². The van der Waals surface area contributed by atoms with Crippen molar-refractivity contribution >= 4 is 28.9 Å². The van der Waals surface area contributed by atoms with Gasteiger partial charge in [0.15, 0.2) is 0 Å². The molecule has 5 heteroatoms. The summed E-state index contributed by atoms with van der Waals surface area (Å²) in [6, 6.07) is 15.2. The molecule has 4 nitrogen and oxygen atoms in total. The molecule has 0 bridgehead atoms. The molecule has 0 radical (unpaired) electrons. The number of carbonyl (C=O) groups is 1. The third-order valence-electron chi connectivity index (χ3n) is 3.67. The Labute approximate surface area is 128 Å². The van der Waals surface area contributed by atoms with Gasteiger partial charge in [-0.3, -0.25) is 4.79 Å². The summed E-state index contributed by atoms with van der Waals surface area (Å²) in [5, 5.41) is 3.54. The highest BCUT2D eigenvalue weighted by Gasteiger charge is 2.28. The second-order valence-corrected chi connectivity index (χ2v) is 5.37. The van der Waals surface area contributed by atoms with Gasteiger partial charge in [-0.25, -0.2) is 0 Å². The lowest BCUT2D eigenvalue weighted by atomic mass is 10.0. The Balaban J connectivity index is 2.06. The molecule has 1 unspecified atom stereocenters. The summed E-state index contributed by atoms with van der Waals surface area (Å²) in [6.07, 6.45) is 0. The van der Waals surface area contributed by atoms with Crippen LogP contribution in [0.15, 0.2) is 48.5 Å². The van der Waals surface area contributed by atoms with Crippen LogP contribution in [0, 0.1) is 0 Å². The number of hydrogen-bond acceptors (Lipinski definition) is 3. The zero-order valence-corrected chi connectivity index (χ0v) is 12.2. The van der Waals surface area contributed by atoms with Gasteiger partial charge in [0, 0.05) is 11.6 Å². The van der Waals surface area contributed by atoms with Crippen molar-refractivity contribution < 1.29 is 4.79 Å². The highest BCUT2D eigenvalue weighted by molar-refractivity contribution is 6.31. The van der Waals surface area contributed by atoms with Crippen LogP contribution in [0.5, 0.6) is 0 Å². The predicted molar refractivity (Wildman–Crippen MR) is 85.7 cm³/mol. The lowest BCUT2D eigenvalue weighted by molar-refractivity contribution is -0.115. The second kappa shape index (κ2) is 5.76. The van der Waals surface area contributed by atoms with E-state index in [9.17, 15) is 4.79 Å². The van der Waals surface area contributed by atoms with Crippen LogP contribution in [-0.4, -0.2) is 19.0 Å². The third kappa shape index (κ3) is 2.60. The average Bonchev–Trinajstić information content (AvgIpc) is 2.49. The zero-order valence-electron chi connectivity index (χ0n) is 11.4. The van der Waals surface area contributed by atoms with Crippen LogP contribution in [0.3, 0.4) is 0 Å². The van der Waals surface area contributed by atoms with Crippen LogP contribution in [0.25, 0.3) is 0 Å². The monoisotopic (exact) mass is 301 g/mol. The number of anilines is 2. The van der Waals surface area contributed by atoms with E-state index >= 15 is 0 Å². The molecular weight excluding hydrogens is 286 g/mol. The van der Waals surface area contributed by atoms with E-state index in [4.69, 9.17) is 17.3 Å². The lowest BCUT2D eigenvalue weighted by Crippen LogP contribution is -2.43. The lowest BCUT2D eigenvalue weighted by Gasteiger charge is -2.37. The van der Waals surface area contributed by atoms with Gasteiger partial charge in [-0.2, -0.15) is 0 Å². The Morgan fingerprint density at radius 1 is 1.19 bits per heavy atom. The quantitative estimate of drug-likeness (QED) is 0.916. The van der Waals surface area contributed by atoms with Crippen LogP contribution in [0.2, 0.25) is 5.02 Å². The van der Waals surface area contributed by atoms with Crippen molar-refractivity contribution in [3.63, 3.8) is 0 Å². The largest absolute Gasteiger partial charge is 0.352 e. The van der Waals surface area contributed by atoms with E-state index in [1.807, 2.05) is 53.4 Å². The number of carbonyl (C=O) groups excluding carboxylic acids is 1. The molecule has 1 aliphatic heterocycles. The normalized spacial score (nSPS) is 15.3. The topological polar surface area (TPSA) is 58.4 Å². The maximum Gasteiger partial charge on any atom is 0.243 e. The molecule has 0 aliphatic carbocycles. The molecule has 0 saturated heterocycles. The molecule has 0 saturated carbocycles. The van der Waals surface area contributed by atoms with E-state index < -0.39 is 0 Å². The number of amides is 1. The van der Waals surface area contributed by atoms with Gasteiger partial charge in [0.2, 0.25) is 5.91 Å². The number of rotatable bonds is 3. The van der Waals surface area contributed by atoms with Gasteiger partial charge >= 0.3 is 0 Å². The SMILES string of the molecule is NCC(c1ccccc1Cl)N1CC(=O)Nc2ccccc21. The molecule has 3 rings (SSSR count). The average molecular weight is 302 g/mol. The Hall–Kier alpha value is -2.04. The first-order chi connectivity index (χ1) is 10.2. The Morgan fingerprint density at radius 2 is 1.90 bits per heavy atom. The van der Waals surface area contributed by atoms with Crippen LogP contribution in [0.4, 0.5) is 11.4 Å². The fourth-order valence-corrected chi connectivity index (χ4v) is 2.97. The van der Waals surface area contributed by atoms with E-state index in [1.54, 1.807) is 0 Å². The summed E-state index contributed by atoms with van der Waals surface area (Å²) >= 11 is 6.30. The maximum absolute atomic E-state index is 11.9. The summed E-state index contributed by atoms with van der Waals surface area (Å²) in [6.45, 7) is 0.648. The molecule has 21 heavy (non-hydrogen) atoms. The summed E-state index contributed by atoms with van der Waals surface area (Å²) in [5.74, 6) is -0.0424. The molecule has 0 spiro atoms. The Bertz CT molecular complexity index is 674. The van der Waals surface area contributed by atoms with Gasteiger partial charge < -0.3 is 16.0 Å². The molecule has 2 aromatic carbocycles. The standard InChI is InChI=1S/C16H16ClN3O/c17-12-6-2-1-5-11(12)15(9-18)20-10-16(21)19-13-7-3-4-8-14(13)20/h1-8,15H,9-10,18H2,(H,19,21). The number of nitrogens with one attached hydrogen (secondary N) is 1. The summed E-state index contributed by atoms with van der Waals surface area (Å²) < 4.78 is 0. The predicted octanol–water partition coefficient (Wildman–Crippen LogP) is 2.80. The minimum Gasteiger partial charge on any atom is -0.352 e. The molecule has 1 amide bonds. The third-order valence-corrected chi connectivity index (χ3v) is 4.01. The first-order valence-electron chi connectivity index (χ1n) is 6.80. The highest BCUT2D eigenvalue weighted by atomic mass is 35.5. The van der Waals surface area contributed by atoms with E-state index in [0.29, 0.717) is 11.6 Å². The maximum atomic E-state index is 11.9. The van der Waals surface area contributed by atoms with Crippen molar-refractivity contribution in [1.82, 2.24) is 0 Å². The molecule has 0 aromatic heterocycles. The number of fused-ring (bicyclic) bond motifs is 1. The zero-order chi connectivity index (χ0) is 14.8. The molecule has 108 valence electrons. The van der Waals surface area contributed by atoms with Gasteiger partial charge in [0.25, 0.3) is 0 Å². The fraction of sp³-hybridized carbons (Fsp3) is 0.188. The van der Waals surface area contributed by atoms with Crippen molar-refractivity contribution in [2.24, 2.45) is 5.73 Å². The Kier molecular flexibility index (Phi) is 3.82. The van der Waals surface area contributed by atoms with Gasteiger partial charge in [-0.1, -0.05) is 41.9 Å². The van der Waals surface area contributed by atoms with Crippen molar-refractivity contribution in [2.45, 2.75) is 6.04 Å². The van der Waals surface area contributed by atoms with Crippen molar-refractivity contribution in [1.29, 1.82) is 0 Å². The Morgan fingerprint density at radius 3 is 2.67 bits per heavy atom. The molecule has 2 aromatic rings. The van der Waals surface area contributed by atoms with Crippen LogP contribution in [0.1, 0.15) is 11.6 Å². The number of para-hydroxylation sites is 2. The number of nitrogens with zero attached hydrogens (tertiary/aromatic N) is 1. The molecule has 3 N–H and O–H groups in total. The number of nitrogens with two attached hydrogens (primary N) is 1. The molecule has 1 heterocycles. The second-order valence-electron chi connectivity index (χ2n) is 4.97. The van der Waals surface area contributed by atoms with Gasteiger partial charge in [0.1, 0.15) is 0 Å². The van der Waals surface area contributed by atoms with Gasteiger partial charge in [0.05, 0.1) is 24.0 Å². The van der Waals surface area contributed by atoms with E-state index in [-0.39, 0.29) is 18.5 Å². The summed E-state index contributed by atoms with van der Waals surface area (Å²) in [7, 11) is 0. The number of hydrogen-bond donors (Lipinski definition) is 2. The molecule has 0 fully saturated rings. The minimum absolute atomic E-state index is 0.0424. The van der Waals surface area contributed by atoms with Crippen LogP contribution in [-0.2, 0) is 4.79 Å². The molecular formula is C16H16ClN3O. The van der Waals surface area contributed by atoms with Crippen molar-refractivity contribution in [3.8, 4) is 0 Å². The van der Waals surface area contributed by atoms with Crippen LogP contribution >= 0.6 is 11.6 Å². The minimum atomic E-state index is -0.133. The summed E-state index contributed by atoms with van der Waals surface area (Å²) in [4.78, 5) is 14.0. The van der Waals surface area contributed by atoms with E-state index in [2.05, 4.69) is 5.32 Å². The molecule has 1 aliphatic rings. The highest BCUT2D eigenvalue weighted by Crippen LogP contribution is 2.36. The van der Waals surface area contributed by atoms with Crippen molar-refractivity contribution in [2.75, 3.05) is 23.3 Å². The van der Waals surface area contributed by atoms with Gasteiger partial charge in [-0.15, -0.1) is 0 Å². The molecule has 1 atom stereocenters. The summed E-state index contributed by atoms with van der Waals surface area (Å²) in [5.41, 5.74) is 8.68. The van der Waals surface area contributed by atoms with Crippen LogP contribution < -0.4 is 16.0 Å². The first-order valence-corrected chi connectivity index (χ1v) is 7.18. The van der Waals surface area contributed by atoms with E-state index in [1.165, 1.54) is 0 Å². The smallest absolute Gasteiger partial charge is 0.243 e. The number of benzene rings is 2. The number of halogens is 1. The van der Waals surface area contributed by atoms with Crippen molar-refractivity contribution in [3.05, 3.63) is 59.1 Å². The fourth-order valence-electron chi connectivity index (χ4n) is 2.70. The van der Waals surface area contributed by atoms with Gasteiger partial charge in [-0.05, 0) is 23.8 Å². The first kappa shape index (κ1) is 13.9.